The van der Waals surface area contributed by atoms with Gasteiger partial charge in [-0.1, -0.05) is 17.3 Å². The maximum Gasteiger partial charge on any atom is 0.226 e. The molecule has 6 nitrogen and oxygen atoms in total. The summed E-state index contributed by atoms with van der Waals surface area (Å²) < 4.78 is 18.3. The van der Waals surface area contributed by atoms with Gasteiger partial charge in [0.2, 0.25) is 11.8 Å². The molecule has 132 valence electrons. The molecule has 0 N–H and O–H groups in total. The summed E-state index contributed by atoms with van der Waals surface area (Å²) in [7, 11) is 0. The molecule has 7 heteroatoms. The minimum Gasteiger partial charge on any atom is -0.340 e. The Kier molecular flexibility index (Phi) is 4.25. The van der Waals surface area contributed by atoms with Crippen molar-refractivity contribution >= 4 is 5.91 Å². The highest BCUT2D eigenvalue weighted by Gasteiger charge is 2.46. The van der Waals surface area contributed by atoms with Crippen LogP contribution in [0.4, 0.5) is 4.39 Å². The molecule has 0 bridgehead atoms. The Bertz CT molecular complexity index is 770. The fraction of sp³-hybridized carbons (Fsp3) is 0.500. The Labute approximate surface area is 145 Å². The molecule has 2 fully saturated rings. The zero-order valence-corrected chi connectivity index (χ0v) is 14.2. The molecule has 1 aliphatic carbocycles. The monoisotopic (exact) mass is 344 g/mol. The second kappa shape index (κ2) is 6.55. The van der Waals surface area contributed by atoms with Crippen molar-refractivity contribution in [2.24, 2.45) is 5.92 Å². The number of aryl methyl sites for hydroxylation is 1. The van der Waals surface area contributed by atoms with E-state index in [1.165, 1.54) is 6.07 Å². The number of hydrogen-bond acceptors (Lipinski definition) is 5. The molecule has 2 atom stereocenters. The van der Waals surface area contributed by atoms with Gasteiger partial charge in [-0.05, 0) is 30.0 Å². The summed E-state index contributed by atoms with van der Waals surface area (Å²) in [5, 5.41) is 3.91. The summed E-state index contributed by atoms with van der Waals surface area (Å²) in [6.07, 6.45) is 0.824. The SMILES string of the molecule is Cc1nc(CN2CCN(C(=O)[C@H]3C[C@@H]3c3cccc(F)c3)CC2)no1. The van der Waals surface area contributed by atoms with Crippen molar-refractivity contribution in [1.29, 1.82) is 0 Å². The van der Waals surface area contributed by atoms with Crippen LogP contribution < -0.4 is 0 Å². The first kappa shape index (κ1) is 16.2. The summed E-state index contributed by atoms with van der Waals surface area (Å²) in [5.41, 5.74) is 0.935. The van der Waals surface area contributed by atoms with Gasteiger partial charge in [-0.25, -0.2) is 4.39 Å². The van der Waals surface area contributed by atoms with Crippen LogP contribution in [0.5, 0.6) is 0 Å². The zero-order valence-electron chi connectivity index (χ0n) is 14.2. The normalized spacial score (nSPS) is 23.7. The number of halogens is 1. The number of hydrogen-bond donors (Lipinski definition) is 0. The van der Waals surface area contributed by atoms with Crippen molar-refractivity contribution in [3.8, 4) is 0 Å². The largest absolute Gasteiger partial charge is 0.340 e. The van der Waals surface area contributed by atoms with Gasteiger partial charge in [-0.2, -0.15) is 4.98 Å². The average Bonchev–Trinajstić information content (AvgIpc) is 3.31. The molecule has 25 heavy (non-hydrogen) atoms. The van der Waals surface area contributed by atoms with Gasteiger partial charge in [0.25, 0.3) is 0 Å². The van der Waals surface area contributed by atoms with Gasteiger partial charge in [0.1, 0.15) is 5.82 Å². The van der Waals surface area contributed by atoms with E-state index in [1.54, 1.807) is 19.1 Å². The van der Waals surface area contributed by atoms with Crippen molar-refractivity contribution < 1.29 is 13.7 Å². The van der Waals surface area contributed by atoms with E-state index in [9.17, 15) is 9.18 Å². The van der Waals surface area contributed by atoms with Crippen molar-refractivity contribution in [1.82, 2.24) is 19.9 Å². The van der Waals surface area contributed by atoms with Crippen molar-refractivity contribution in [2.45, 2.75) is 25.8 Å². The Morgan fingerprint density at radius 1 is 1.32 bits per heavy atom. The van der Waals surface area contributed by atoms with E-state index in [4.69, 9.17) is 4.52 Å². The topological polar surface area (TPSA) is 62.5 Å². The molecular weight excluding hydrogens is 323 g/mol. The third-order valence-electron chi connectivity index (χ3n) is 5.00. The van der Waals surface area contributed by atoms with Gasteiger partial charge in [0.05, 0.1) is 6.54 Å². The minimum atomic E-state index is -0.235. The van der Waals surface area contributed by atoms with Crippen LogP contribution in [0, 0.1) is 18.7 Å². The summed E-state index contributed by atoms with van der Waals surface area (Å²) in [4.78, 5) is 21.0. The molecule has 1 saturated carbocycles. The first-order valence-electron chi connectivity index (χ1n) is 8.66. The molecule has 1 saturated heterocycles. The van der Waals surface area contributed by atoms with Gasteiger partial charge >= 0.3 is 0 Å². The number of carbonyl (C=O) groups is 1. The maximum atomic E-state index is 13.3. The van der Waals surface area contributed by atoms with Gasteiger partial charge in [0.15, 0.2) is 5.82 Å². The third kappa shape index (κ3) is 3.56. The number of piperazine rings is 1. The van der Waals surface area contributed by atoms with Crippen LogP contribution in [-0.2, 0) is 11.3 Å². The number of carbonyl (C=O) groups excluding carboxylic acids is 1. The molecule has 2 aliphatic rings. The van der Waals surface area contributed by atoms with E-state index in [0.717, 1.165) is 25.1 Å². The lowest BCUT2D eigenvalue weighted by Gasteiger charge is -2.34. The molecule has 4 rings (SSSR count). The lowest BCUT2D eigenvalue weighted by molar-refractivity contribution is -0.134. The predicted molar refractivity (Wildman–Crippen MR) is 88.1 cm³/mol. The quantitative estimate of drug-likeness (QED) is 0.848. The van der Waals surface area contributed by atoms with E-state index < -0.39 is 0 Å². The van der Waals surface area contributed by atoms with E-state index in [-0.39, 0.29) is 23.6 Å². The lowest BCUT2D eigenvalue weighted by atomic mass is 10.1. The Morgan fingerprint density at radius 3 is 2.80 bits per heavy atom. The molecule has 1 aliphatic heterocycles. The number of rotatable bonds is 4. The molecule has 1 aromatic heterocycles. The Morgan fingerprint density at radius 2 is 2.12 bits per heavy atom. The summed E-state index contributed by atoms with van der Waals surface area (Å²) >= 11 is 0. The van der Waals surface area contributed by atoms with Gasteiger partial charge in [0, 0.05) is 39.0 Å². The molecule has 1 amide bonds. The molecule has 2 heterocycles. The van der Waals surface area contributed by atoms with Crippen LogP contribution in [0.3, 0.4) is 0 Å². The average molecular weight is 344 g/mol. The molecule has 0 spiro atoms. The first-order valence-corrected chi connectivity index (χ1v) is 8.66. The van der Waals surface area contributed by atoms with Crippen LogP contribution in [-0.4, -0.2) is 52.0 Å². The zero-order chi connectivity index (χ0) is 17.4. The summed E-state index contributed by atoms with van der Waals surface area (Å²) in [5.74, 6) is 1.40. The number of benzene rings is 1. The molecule has 2 aromatic rings. The molecule has 0 unspecified atom stereocenters. The standard InChI is InChI=1S/C18H21FN4O2/c1-12-20-17(21-25-12)11-22-5-7-23(8-6-22)18(24)16-10-15(16)13-3-2-4-14(19)9-13/h2-4,9,15-16H,5-8,10-11H2,1H3/t15-,16+/m1/s1. The number of nitrogens with zero attached hydrogens (tertiary/aromatic N) is 4. The van der Waals surface area contributed by atoms with E-state index in [2.05, 4.69) is 15.0 Å². The van der Waals surface area contributed by atoms with Crippen LogP contribution in [0.1, 0.15) is 29.6 Å². The van der Waals surface area contributed by atoms with Crippen LogP contribution >= 0.6 is 0 Å². The number of aromatic nitrogens is 2. The maximum absolute atomic E-state index is 13.3. The highest BCUT2D eigenvalue weighted by molar-refractivity contribution is 5.83. The van der Waals surface area contributed by atoms with Crippen LogP contribution in [0.15, 0.2) is 28.8 Å². The van der Waals surface area contributed by atoms with Crippen molar-refractivity contribution in [2.75, 3.05) is 26.2 Å². The molecular formula is C18H21FN4O2. The van der Waals surface area contributed by atoms with E-state index in [1.807, 2.05) is 11.0 Å². The first-order chi connectivity index (χ1) is 12.1. The Balaban J connectivity index is 1.29. The summed E-state index contributed by atoms with van der Waals surface area (Å²) in [6, 6.07) is 6.60. The van der Waals surface area contributed by atoms with Crippen molar-refractivity contribution in [3.05, 3.63) is 47.4 Å². The Hall–Kier alpha value is -2.28. The van der Waals surface area contributed by atoms with Gasteiger partial charge < -0.3 is 9.42 Å². The highest BCUT2D eigenvalue weighted by atomic mass is 19.1. The fourth-order valence-corrected chi connectivity index (χ4v) is 3.54. The molecule has 0 radical (unpaired) electrons. The fourth-order valence-electron chi connectivity index (χ4n) is 3.54. The second-order valence-corrected chi connectivity index (χ2v) is 6.83. The highest BCUT2D eigenvalue weighted by Crippen LogP contribution is 2.48. The van der Waals surface area contributed by atoms with Crippen molar-refractivity contribution in [3.63, 3.8) is 0 Å². The third-order valence-corrected chi connectivity index (χ3v) is 5.00. The lowest BCUT2D eigenvalue weighted by Crippen LogP contribution is -2.49. The smallest absolute Gasteiger partial charge is 0.226 e. The van der Waals surface area contributed by atoms with Gasteiger partial charge in [-0.15, -0.1) is 0 Å². The van der Waals surface area contributed by atoms with E-state index in [0.29, 0.717) is 31.3 Å². The molecule has 1 aromatic carbocycles. The van der Waals surface area contributed by atoms with Gasteiger partial charge in [-0.3, -0.25) is 9.69 Å². The summed E-state index contributed by atoms with van der Waals surface area (Å²) in [6.45, 7) is 5.45. The predicted octanol–water partition coefficient (Wildman–Crippen LogP) is 1.97. The van der Waals surface area contributed by atoms with Crippen LogP contribution in [0.25, 0.3) is 0 Å². The second-order valence-electron chi connectivity index (χ2n) is 6.83. The minimum absolute atomic E-state index is 0.00760. The van der Waals surface area contributed by atoms with E-state index >= 15 is 0 Å². The number of amides is 1. The van der Waals surface area contributed by atoms with Crippen LogP contribution in [0.2, 0.25) is 0 Å².